The van der Waals surface area contributed by atoms with Crippen LogP contribution in [-0.4, -0.2) is 68.6 Å². The number of anilines is 1. The Kier molecular flexibility index (Phi) is 7.15. The number of nitrogens with zero attached hydrogens (tertiary/aromatic N) is 3. The Hall–Kier alpha value is -3.46. The van der Waals surface area contributed by atoms with E-state index in [9.17, 15) is 18.0 Å². The molecule has 37 heavy (non-hydrogen) atoms. The molecule has 1 aromatic heterocycles. The monoisotopic (exact) mass is 513 g/mol. The van der Waals surface area contributed by atoms with Crippen molar-refractivity contribution in [2.45, 2.75) is 12.1 Å². The van der Waals surface area contributed by atoms with Gasteiger partial charge in [-0.2, -0.15) is 13.2 Å². The van der Waals surface area contributed by atoms with E-state index < -0.39 is 11.7 Å². The van der Waals surface area contributed by atoms with E-state index in [1.165, 1.54) is 18.4 Å². The lowest BCUT2D eigenvalue weighted by atomic mass is 9.87. The number of rotatable bonds is 6. The number of carbonyl (C=O) groups is 1. The molecule has 2 aliphatic heterocycles. The van der Waals surface area contributed by atoms with Gasteiger partial charge in [-0.25, -0.2) is 0 Å². The smallest absolute Gasteiger partial charge is 0.416 e. The third-order valence-corrected chi connectivity index (χ3v) is 7.39. The highest BCUT2D eigenvalue weighted by atomic mass is 19.4. The van der Waals surface area contributed by atoms with Crippen LogP contribution >= 0.6 is 0 Å². The molecular formula is C28H30F3N3O3. The Morgan fingerprint density at radius 3 is 2.49 bits per heavy atom. The fourth-order valence-electron chi connectivity index (χ4n) is 5.43. The zero-order valence-electron chi connectivity index (χ0n) is 20.7. The minimum Gasteiger partial charge on any atom is -0.497 e. The van der Waals surface area contributed by atoms with Crippen LogP contribution in [-0.2, 0) is 6.18 Å². The number of amides is 1. The van der Waals surface area contributed by atoms with Crippen LogP contribution in [0, 0.1) is 5.92 Å². The molecule has 2 atom stereocenters. The number of carbonyl (C=O) groups excluding carboxylic acids is 1. The lowest BCUT2D eigenvalue weighted by Gasteiger charge is -2.38. The molecular weight excluding hydrogens is 483 g/mol. The molecule has 0 spiro atoms. The molecule has 0 radical (unpaired) electrons. The number of furan rings is 1. The van der Waals surface area contributed by atoms with Gasteiger partial charge >= 0.3 is 6.18 Å². The number of piperazine rings is 1. The summed E-state index contributed by atoms with van der Waals surface area (Å²) < 4.78 is 51.0. The molecule has 2 unspecified atom stereocenters. The van der Waals surface area contributed by atoms with Crippen molar-refractivity contribution < 1.29 is 27.1 Å². The van der Waals surface area contributed by atoms with E-state index in [-0.39, 0.29) is 23.5 Å². The second-order valence-electron chi connectivity index (χ2n) is 9.67. The summed E-state index contributed by atoms with van der Waals surface area (Å²) in [4.78, 5) is 19.4. The first-order chi connectivity index (χ1) is 17.8. The van der Waals surface area contributed by atoms with E-state index in [1.807, 2.05) is 18.2 Å². The van der Waals surface area contributed by atoms with Gasteiger partial charge in [0.25, 0.3) is 5.91 Å². The number of halogens is 3. The molecule has 0 saturated carbocycles. The van der Waals surface area contributed by atoms with Gasteiger partial charge in [-0.3, -0.25) is 9.69 Å². The van der Waals surface area contributed by atoms with Gasteiger partial charge in [-0.05, 0) is 41.8 Å². The molecule has 2 aromatic carbocycles. The minimum atomic E-state index is -4.41. The Morgan fingerprint density at radius 1 is 1.00 bits per heavy atom. The van der Waals surface area contributed by atoms with Crippen LogP contribution in [0.1, 0.15) is 27.6 Å². The summed E-state index contributed by atoms with van der Waals surface area (Å²) in [5, 5.41) is 0. The van der Waals surface area contributed by atoms with E-state index in [1.54, 1.807) is 30.2 Å². The lowest BCUT2D eigenvalue weighted by Crippen LogP contribution is -2.48. The van der Waals surface area contributed by atoms with Crippen molar-refractivity contribution in [1.82, 2.24) is 9.80 Å². The molecule has 196 valence electrons. The van der Waals surface area contributed by atoms with Crippen LogP contribution in [0.25, 0.3) is 0 Å². The minimum absolute atomic E-state index is 0.00534. The molecule has 0 N–H and O–H groups in total. The first-order valence-corrected chi connectivity index (χ1v) is 12.4. The zero-order chi connectivity index (χ0) is 26.0. The van der Waals surface area contributed by atoms with Crippen LogP contribution in [0.5, 0.6) is 5.75 Å². The predicted octanol–water partition coefficient (Wildman–Crippen LogP) is 4.99. The van der Waals surface area contributed by atoms with E-state index in [2.05, 4.69) is 15.9 Å². The normalized spacial score (nSPS) is 20.9. The first kappa shape index (κ1) is 25.2. The predicted molar refractivity (Wildman–Crippen MR) is 134 cm³/mol. The summed E-state index contributed by atoms with van der Waals surface area (Å²) >= 11 is 0. The van der Waals surface area contributed by atoms with Crippen LogP contribution in [0.4, 0.5) is 18.9 Å². The number of methoxy groups -OCH3 is 1. The summed E-state index contributed by atoms with van der Waals surface area (Å²) in [5.74, 6) is 0.641. The van der Waals surface area contributed by atoms with Gasteiger partial charge in [-0.1, -0.05) is 24.3 Å². The van der Waals surface area contributed by atoms with Crippen LogP contribution in [0.15, 0.2) is 71.3 Å². The summed E-state index contributed by atoms with van der Waals surface area (Å²) in [6.45, 7) is 4.86. The van der Waals surface area contributed by atoms with Gasteiger partial charge in [0.05, 0.1) is 18.9 Å². The van der Waals surface area contributed by atoms with E-state index in [4.69, 9.17) is 9.15 Å². The van der Waals surface area contributed by atoms with Gasteiger partial charge in [-0.15, -0.1) is 0 Å². The van der Waals surface area contributed by atoms with Gasteiger partial charge in [0.1, 0.15) is 5.75 Å². The number of likely N-dealkylation sites (tertiary alicyclic amines) is 1. The molecule has 2 fully saturated rings. The molecule has 1 amide bonds. The first-order valence-electron chi connectivity index (χ1n) is 12.4. The topological polar surface area (TPSA) is 49.2 Å². The highest BCUT2D eigenvalue weighted by Crippen LogP contribution is 2.37. The number of benzene rings is 2. The second kappa shape index (κ2) is 10.5. The lowest BCUT2D eigenvalue weighted by molar-refractivity contribution is -0.137. The van der Waals surface area contributed by atoms with Crippen molar-refractivity contribution in [2.75, 3.05) is 57.8 Å². The van der Waals surface area contributed by atoms with Crippen molar-refractivity contribution in [3.63, 3.8) is 0 Å². The highest BCUT2D eigenvalue weighted by molar-refractivity contribution is 5.91. The van der Waals surface area contributed by atoms with E-state index >= 15 is 0 Å². The molecule has 2 aliphatic rings. The van der Waals surface area contributed by atoms with Crippen LogP contribution in [0.3, 0.4) is 0 Å². The Morgan fingerprint density at radius 2 is 1.78 bits per heavy atom. The maximum absolute atomic E-state index is 13.4. The average molecular weight is 514 g/mol. The highest BCUT2D eigenvalue weighted by Gasteiger charge is 2.39. The van der Waals surface area contributed by atoms with Gasteiger partial charge in [0.15, 0.2) is 5.76 Å². The molecule has 2 saturated heterocycles. The van der Waals surface area contributed by atoms with Gasteiger partial charge in [0.2, 0.25) is 0 Å². The number of hydrogen-bond acceptors (Lipinski definition) is 5. The van der Waals surface area contributed by atoms with Crippen molar-refractivity contribution >= 4 is 11.6 Å². The third kappa shape index (κ3) is 5.61. The van der Waals surface area contributed by atoms with Crippen LogP contribution < -0.4 is 9.64 Å². The SMILES string of the molecule is COc1cccc(N2CCN(CC3CN(C(=O)c4ccco4)CC3c3cccc(C(F)(F)F)c3)CC2)c1. The van der Waals surface area contributed by atoms with Crippen LogP contribution in [0.2, 0.25) is 0 Å². The third-order valence-electron chi connectivity index (χ3n) is 7.39. The molecule has 6 nitrogen and oxygen atoms in total. The number of ether oxygens (including phenoxy) is 1. The summed E-state index contributed by atoms with van der Waals surface area (Å²) in [6, 6.07) is 16.8. The van der Waals surface area contributed by atoms with Crippen molar-refractivity contribution in [3.05, 3.63) is 83.8 Å². The number of alkyl halides is 3. The van der Waals surface area contributed by atoms with Crippen molar-refractivity contribution in [1.29, 1.82) is 0 Å². The molecule has 0 aliphatic carbocycles. The standard InChI is InChI=1S/C28H30F3N3O3/c1-36-24-8-3-7-23(16-24)33-12-10-32(11-13-33)17-21-18-34(27(35)26-9-4-14-37-26)19-25(21)20-5-2-6-22(15-20)28(29,30)31/h2-9,14-16,21,25H,10-13,17-19H2,1H3. The molecule has 5 rings (SSSR count). The Bertz CT molecular complexity index is 1210. The van der Waals surface area contributed by atoms with E-state index in [0.717, 1.165) is 43.7 Å². The fourth-order valence-corrected chi connectivity index (χ4v) is 5.43. The Balaban J connectivity index is 1.31. The largest absolute Gasteiger partial charge is 0.497 e. The number of hydrogen-bond donors (Lipinski definition) is 0. The van der Waals surface area contributed by atoms with Gasteiger partial charge < -0.3 is 19.0 Å². The van der Waals surface area contributed by atoms with E-state index in [0.29, 0.717) is 25.2 Å². The maximum Gasteiger partial charge on any atom is 0.416 e. The summed E-state index contributed by atoms with van der Waals surface area (Å²) in [5.41, 5.74) is 1.06. The van der Waals surface area contributed by atoms with Crippen molar-refractivity contribution in [3.8, 4) is 5.75 Å². The zero-order valence-corrected chi connectivity index (χ0v) is 20.7. The molecule has 0 bridgehead atoms. The molecule has 9 heteroatoms. The fraction of sp³-hybridized carbons (Fsp3) is 0.393. The second-order valence-corrected chi connectivity index (χ2v) is 9.67. The Labute approximate surface area is 214 Å². The summed E-state index contributed by atoms with van der Waals surface area (Å²) in [6.07, 6.45) is -2.96. The van der Waals surface area contributed by atoms with Crippen molar-refractivity contribution in [2.24, 2.45) is 5.92 Å². The maximum atomic E-state index is 13.4. The average Bonchev–Trinajstić information content (AvgIpc) is 3.59. The molecule has 3 aromatic rings. The van der Waals surface area contributed by atoms with Gasteiger partial charge in [0, 0.05) is 63.5 Å². The summed E-state index contributed by atoms with van der Waals surface area (Å²) in [7, 11) is 1.65. The quantitative estimate of drug-likeness (QED) is 0.465. The molecule has 3 heterocycles.